The molecule has 2 aromatic rings. The Kier molecular flexibility index (Phi) is 3.22. The Morgan fingerprint density at radius 3 is 2.19 bits per heavy atom. The topological polar surface area (TPSA) is 40.5 Å². The van der Waals surface area contributed by atoms with E-state index in [1.165, 1.54) is 0 Å². The average molecular weight is 213 g/mol. The Morgan fingerprint density at radius 2 is 1.50 bits per heavy atom. The predicted molar refractivity (Wildman–Crippen MR) is 62.5 cm³/mol. The van der Waals surface area contributed by atoms with Crippen molar-refractivity contribution in [3.05, 3.63) is 71.8 Å². The molecule has 0 aliphatic heterocycles. The number of benzene rings is 2. The molecule has 2 nitrogen and oxygen atoms in total. The predicted octanol–water partition coefficient (Wildman–Crippen LogP) is 2.89. The molecule has 0 fully saturated rings. The lowest BCUT2D eigenvalue weighted by atomic mass is 10.0. The van der Waals surface area contributed by atoms with E-state index < -0.39 is 0 Å². The molecule has 81 valence electrons. The third-order valence-corrected chi connectivity index (χ3v) is 2.43. The van der Waals surface area contributed by atoms with Crippen LogP contribution >= 0.6 is 0 Å². The lowest BCUT2D eigenvalue weighted by Crippen LogP contribution is -2.02. The summed E-state index contributed by atoms with van der Waals surface area (Å²) in [6.07, 6.45) is 0.614. The Hall–Kier alpha value is -1.80. The number of para-hydroxylation sites is 1. The average Bonchev–Trinajstić information content (AvgIpc) is 2.31. The molecule has 2 N–H and O–H groups in total. The van der Waals surface area contributed by atoms with Crippen LogP contribution in [0.2, 0.25) is 0 Å². The minimum atomic E-state index is 0.107. The number of aliphatic hydroxyl groups excluding tert-OH is 1. The Labute approximate surface area is 94.8 Å². The van der Waals surface area contributed by atoms with Crippen LogP contribution < -0.4 is 0 Å². The third-order valence-electron chi connectivity index (χ3n) is 2.43. The van der Waals surface area contributed by atoms with Crippen molar-refractivity contribution in [2.45, 2.75) is 6.42 Å². The standard InChI is InChI=1S/C14H13O2/c15-13-9-5-4-8-12(13)14(16)10-11-6-2-1-3-7-11/h1-9,15-16H,10H2. The molecule has 2 heteroatoms. The van der Waals surface area contributed by atoms with E-state index >= 15 is 0 Å². The number of rotatable bonds is 3. The molecular formula is C14H13O2. The number of hydrogen-bond acceptors (Lipinski definition) is 2. The fraction of sp³-hybridized carbons (Fsp3) is 0.0714. The number of hydrogen-bond donors (Lipinski definition) is 2. The maximum atomic E-state index is 9.91. The van der Waals surface area contributed by atoms with Crippen LogP contribution in [-0.4, -0.2) is 10.2 Å². The normalized spacial score (nSPS) is 10.6. The lowest BCUT2D eigenvalue weighted by molar-refractivity contribution is 0.316. The monoisotopic (exact) mass is 213 g/mol. The van der Waals surface area contributed by atoms with Crippen LogP contribution in [0.15, 0.2) is 54.6 Å². The Bertz CT molecular complexity index is 451. The van der Waals surface area contributed by atoms with Gasteiger partial charge in [-0.1, -0.05) is 48.5 Å². The van der Waals surface area contributed by atoms with Gasteiger partial charge in [0.05, 0.1) is 0 Å². The molecular weight excluding hydrogens is 200 g/mol. The summed E-state index contributed by atoms with van der Waals surface area (Å²) in [4.78, 5) is 0. The molecule has 0 unspecified atom stereocenters. The van der Waals surface area contributed by atoms with E-state index in [-0.39, 0.29) is 11.9 Å². The third kappa shape index (κ3) is 2.41. The van der Waals surface area contributed by atoms with Gasteiger partial charge in [-0.15, -0.1) is 0 Å². The van der Waals surface area contributed by atoms with Crippen molar-refractivity contribution in [3.8, 4) is 5.75 Å². The van der Waals surface area contributed by atoms with E-state index in [1.807, 2.05) is 30.3 Å². The van der Waals surface area contributed by atoms with E-state index in [2.05, 4.69) is 0 Å². The van der Waals surface area contributed by atoms with Gasteiger partial charge in [-0.2, -0.15) is 0 Å². The van der Waals surface area contributed by atoms with Crippen molar-refractivity contribution in [2.24, 2.45) is 0 Å². The molecule has 0 spiro atoms. The van der Waals surface area contributed by atoms with E-state index in [9.17, 15) is 10.2 Å². The molecule has 2 aromatic carbocycles. The van der Waals surface area contributed by atoms with Gasteiger partial charge in [-0.05, 0) is 11.6 Å². The second kappa shape index (κ2) is 4.81. The number of phenols is 1. The first-order chi connectivity index (χ1) is 7.77. The van der Waals surface area contributed by atoms with Crippen molar-refractivity contribution in [1.29, 1.82) is 0 Å². The molecule has 0 bridgehead atoms. The van der Waals surface area contributed by atoms with Gasteiger partial charge in [-0.25, -0.2) is 0 Å². The minimum absolute atomic E-state index is 0.107. The number of aromatic hydroxyl groups is 1. The van der Waals surface area contributed by atoms with Crippen molar-refractivity contribution >= 4 is 0 Å². The highest BCUT2D eigenvalue weighted by molar-refractivity contribution is 5.41. The van der Waals surface area contributed by atoms with Crippen LogP contribution in [-0.2, 0) is 6.42 Å². The molecule has 0 atom stereocenters. The summed E-state index contributed by atoms with van der Waals surface area (Å²) >= 11 is 0. The van der Waals surface area contributed by atoms with Gasteiger partial charge >= 0.3 is 0 Å². The van der Waals surface area contributed by atoms with Crippen molar-refractivity contribution in [3.63, 3.8) is 0 Å². The zero-order chi connectivity index (χ0) is 11.4. The van der Waals surface area contributed by atoms with Crippen molar-refractivity contribution in [1.82, 2.24) is 0 Å². The largest absolute Gasteiger partial charge is 0.508 e. The molecule has 0 heterocycles. The number of phenolic OH excluding ortho intramolecular Hbond substituents is 1. The molecule has 0 aromatic heterocycles. The Morgan fingerprint density at radius 1 is 0.875 bits per heavy atom. The molecule has 2 rings (SSSR count). The first-order valence-electron chi connectivity index (χ1n) is 5.14. The van der Waals surface area contributed by atoms with Gasteiger partial charge in [0.15, 0.2) is 0 Å². The maximum absolute atomic E-state index is 9.91. The SMILES string of the molecule is O[C](Cc1ccccc1)c1ccccc1O. The van der Waals surface area contributed by atoms with Gasteiger partial charge in [0.2, 0.25) is 0 Å². The lowest BCUT2D eigenvalue weighted by Gasteiger charge is -2.11. The summed E-state index contributed by atoms with van der Waals surface area (Å²) in [5.74, 6) is 0.107. The number of aliphatic hydroxyl groups is 1. The summed E-state index contributed by atoms with van der Waals surface area (Å²) in [5.41, 5.74) is 1.51. The van der Waals surface area contributed by atoms with Gasteiger partial charge in [-0.3, -0.25) is 0 Å². The maximum Gasteiger partial charge on any atom is 0.130 e. The van der Waals surface area contributed by atoms with Crippen LogP contribution in [0.4, 0.5) is 0 Å². The summed E-state index contributed by atoms with van der Waals surface area (Å²) in [6.45, 7) is 0. The van der Waals surface area contributed by atoms with Crippen LogP contribution in [0.25, 0.3) is 0 Å². The van der Waals surface area contributed by atoms with Crippen LogP contribution in [0.3, 0.4) is 0 Å². The molecule has 0 aliphatic rings. The fourth-order valence-corrected chi connectivity index (χ4v) is 1.60. The van der Waals surface area contributed by atoms with Crippen LogP contribution in [0, 0.1) is 6.10 Å². The van der Waals surface area contributed by atoms with E-state index in [4.69, 9.17) is 0 Å². The first-order valence-corrected chi connectivity index (χ1v) is 5.14. The highest BCUT2D eigenvalue weighted by Gasteiger charge is 2.13. The first kappa shape index (κ1) is 10.7. The quantitative estimate of drug-likeness (QED) is 0.823. The summed E-state index contributed by atoms with van der Waals surface area (Å²) in [7, 11) is 0. The summed E-state index contributed by atoms with van der Waals surface area (Å²) in [6, 6.07) is 16.4. The van der Waals surface area contributed by atoms with Gasteiger partial charge in [0, 0.05) is 12.0 Å². The highest BCUT2D eigenvalue weighted by Crippen LogP contribution is 2.25. The van der Waals surface area contributed by atoms with Crippen molar-refractivity contribution < 1.29 is 10.2 Å². The minimum Gasteiger partial charge on any atom is -0.508 e. The molecule has 0 amide bonds. The van der Waals surface area contributed by atoms with Gasteiger partial charge < -0.3 is 10.2 Å². The van der Waals surface area contributed by atoms with Crippen molar-refractivity contribution in [2.75, 3.05) is 0 Å². The molecule has 0 saturated carbocycles. The second-order valence-electron chi connectivity index (χ2n) is 3.63. The fourth-order valence-electron chi connectivity index (χ4n) is 1.60. The van der Waals surface area contributed by atoms with Crippen LogP contribution in [0.1, 0.15) is 11.1 Å². The summed E-state index contributed by atoms with van der Waals surface area (Å²) in [5, 5.41) is 19.5. The summed E-state index contributed by atoms with van der Waals surface area (Å²) < 4.78 is 0. The molecule has 1 radical (unpaired) electrons. The molecule has 16 heavy (non-hydrogen) atoms. The molecule has 0 aliphatic carbocycles. The zero-order valence-electron chi connectivity index (χ0n) is 8.80. The second-order valence-corrected chi connectivity index (χ2v) is 3.63. The van der Waals surface area contributed by atoms with Crippen LogP contribution in [0.5, 0.6) is 5.75 Å². The highest BCUT2D eigenvalue weighted by atomic mass is 16.3. The van der Waals surface area contributed by atoms with E-state index in [0.717, 1.165) is 5.56 Å². The zero-order valence-corrected chi connectivity index (χ0v) is 8.80. The van der Waals surface area contributed by atoms with Gasteiger partial charge in [0.1, 0.15) is 11.9 Å². The Balaban J connectivity index is 2.15. The van der Waals surface area contributed by atoms with Gasteiger partial charge in [0.25, 0.3) is 0 Å². The van der Waals surface area contributed by atoms with E-state index in [1.54, 1.807) is 24.3 Å². The molecule has 0 saturated heterocycles. The van der Waals surface area contributed by atoms with E-state index in [0.29, 0.717) is 12.0 Å². The smallest absolute Gasteiger partial charge is 0.130 e.